The average molecular weight is 229 g/mol. The minimum atomic E-state index is -1.32. The Morgan fingerprint density at radius 3 is 2.44 bits per heavy atom. The summed E-state index contributed by atoms with van der Waals surface area (Å²) in [4.78, 5) is 11.0. The third-order valence-electron chi connectivity index (χ3n) is 2.28. The van der Waals surface area contributed by atoms with Crippen LogP contribution in [-0.2, 0) is 0 Å². The standard InChI is InChI=1S/C10H6F3NO2/c1-3-6-5(16-10(15)7(3)11)2-4(14)8(12)9(6)13/h2H,14H2,1H3. The van der Waals surface area contributed by atoms with Crippen molar-refractivity contribution in [2.75, 3.05) is 5.73 Å². The van der Waals surface area contributed by atoms with Gasteiger partial charge in [-0.1, -0.05) is 0 Å². The first kappa shape index (κ1) is 10.5. The molecule has 0 aliphatic heterocycles. The van der Waals surface area contributed by atoms with Gasteiger partial charge in [0.05, 0.1) is 11.1 Å². The van der Waals surface area contributed by atoms with E-state index in [0.29, 0.717) is 0 Å². The van der Waals surface area contributed by atoms with E-state index in [2.05, 4.69) is 4.42 Å². The zero-order chi connectivity index (χ0) is 12.0. The van der Waals surface area contributed by atoms with Crippen molar-refractivity contribution in [3.63, 3.8) is 0 Å². The van der Waals surface area contributed by atoms with Gasteiger partial charge < -0.3 is 10.2 Å². The Hall–Kier alpha value is -1.98. The molecule has 0 bridgehead atoms. The number of nitrogens with two attached hydrogens (primary N) is 1. The number of fused-ring (bicyclic) bond motifs is 1. The van der Waals surface area contributed by atoms with Gasteiger partial charge in [-0.15, -0.1) is 0 Å². The summed E-state index contributed by atoms with van der Waals surface area (Å²) in [6, 6.07) is 0.946. The van der Waals surface area contributed by atoms with Crippen LogP contribution >= 0.6 is 0 Å². The molecule has 2 rings (SSSR count). The van der Waals surface area contributed by atoms with E-state index >= 15 is 0 Å². The minimum Gasteiger partial charge on any atom is -0.420 e. The van der Waals surface area contributed by atoms with Crippen LogP contribution in [0.25, 0.3) is 11.0 Å². The second-order valence-electron chi connectivity index (χ2n) is 3.30. The lowest BCUT2D eigenvalue weighted by Gasteiger charge is -2.05. The highest BCUT2D eigenvalue weighted by Gasteiger charge is 2.19. The summed E-state index contributed by atoms with van der Waals surface area (Å²) in [7, 11) is 0. The van der Waals surface area contributed by atoms with Gasteiger partial charge in [0.15, 0.2) is 11.6 Å². The second-order valence-corrected chi connectivity index (χ2v) is 3.30. The average Bonchev–Trinajstić information content (AvgIpc) is 2.23. The molecule has 1 aromatic carbocycles. The van der Waals surface area contributed by atoms with Crippen molar-refractivity contribution in [1.82, 2.24) is 0 Å². The largest absolute Gasteiger partial charge is 0.420 e. The molecule has 0 saturated carbocycles. The van der Waals surface area contributed by atoms with E-state index in [9.17, 15) is 18.0 Å². The Morgan fingerprint density at radius 2 is 1.81 bits per heavy atom. The van der Waals surface area contributed by atoms with Gasteiger partial charge in [0, 0.05) is 11.6 Å². The van der Waals surface area contributed by atoms with Gasteiger partial charge in [-0.25, -0.2) is 13.6 Å². The molecule has 2 N–H and O–H groups in total. The van der Waals surface area contributed by atoms with Crippen molar-refractivity contribution in [3.05, 3.63) is 39.5 Å². The molecular formula is C10H6F3NO2. The lowest BCUT2D eigenvalue weighted by atomic mass is 10.1. The van der Waals surface area contributed by atoms with E-state index < -0.39 is 34.2 Å². The van der Waals surface area contributed by atoms with Gasteiger partial charge in [-0.2, -0.15) is 4.39 Å². The number of halogens is 3. The number of aryl methyl sites for hydroxylation is 1. The molecule has 0 amide bonds. The van der Waals surface area contributed by atoms with Gasteiger partial charge in [0.25, 0.3) is 0 Å². The molecule has 3 nitrogen and oxygen atoms in total. The number of nitrogen functional groups attached to an aromatic ring is 1. The maximum atomic E-state index is 13.4. The van der Waals surface area contributed by atoms with Crippen molar-refractivity contribution in [3.8, 4) is 0 Å². The van der Waals surface area contributed by atoms with Crippen LogP contribution in [0.4, 0.5) is 18.9 Å². The molecule has 2 aromatic rings. The van der Waals surface area contributed by atoms with Crippen LogP contribution in [0.1, 0.15) is 5.56 Å². The van der Waals surface area contributed by atoms with Crippen molar-refractivity contribution < 1.29 is 17.6 Å². The molecule has 0 radical (unpaired) electrons. The van der Waals surface area contributed by atoms with Gasteiger partial charge >= 0.3 is 5.63 Å². The SMILES string of the molecule is Cc1c(F)c(=O)oc2cc(N)c(F)c(F)c12. The summed E-state index contributed by atoms with van der Waals surface area (Å²) in [6.07, 6.45) is 0. The molecule has 0 unspecified atom stereocenters. The van der Waals surface area contributed by atoms with Gasteiger partial charge in [-0.3, -0.25) is 0 Å². The maximum Gasteiger partial charge on any atom is 0.372 e. The van der Waals surface area contributed by atoms with E-state index in [4.69, 9.17) is 5.73 Å². The highest BCUT2D eigenvalue weighted by Crippen LogP contribution is 2.27. The fourth-order valence-corrected chi connectivity index (χ4v) is 1.46. The van der Waals surface area contributed by atoms with E-state index in [-0.39, 0.29) is 11.1 Å². The molecule has 84 valence electrons. The smallest absolute Gasteiger partial charge is 0.372 e. The predicted octanol–water partition coefficient (Wildman–Crippen LogP) is 2.10. The van der Waals surface area contributed by atoms with Crippen LogP contribution in [0.15, 0.2) is 15.3 Å². The monoisotopic (exact) mass is 229 g/mol. The Bertz CT molecular complexity index is 649. The van der Waals surface area contributed by atoms with Gasteiger partial charge in [0.1, 0.15) is 5.58 Å². The molecule has 0 atom stereocenters. The van der Waals surface area contributed by atoms with Gasteiger partial charge in [-0.05, 0) is 6.92 Å². The summed E-state index contributed by atoms with van der Waals surface area (Å²) in [5.74, 6) is -3.85. The molecule has 16 heavy (non-hydrogen) atoms. The zero-order valence-corrected chi connectivity index (χ0v) is 8.11. The predicted molar refractivity (Wildman–Crippen MR) is 51.5 cm³/mol. The van der Waals surface area contributed by atoms with Crippen LogP contribution in [0.3, 0.4) is 0 Å². The number of rotatable bonds is 0. The first-order valence-electron chi connectivity index (χ1n) is 4.30. The Balaban J connectivity index is 3.09. The van der Waals surface area contributed by atoms with E-state index in [1.807, 2.05) is 0 Å². The van der Waals surface area contributed by atoms with Gasteiger partial charge in [0.2, 0.25) is 5.82 Å². The molecule has 0 spiro atoms. The molecule has 6 heteroatoms. The highest BCUT2D eigenvalue weighted by molar-refractivity contribution is 5.84. The molecule has 0 aliphatic rings. The number of hydrogen-bond donors (Lipinski definition) is 1. The van der Waals surface area contributed by atoms with E-state index in [1.54, 1.807) is 0 Å². The first-order valence-corrected chi connectivity index (χ1v) is 4.30. The molecule has 0 saturated heterocycles. The van der Waals surface area contributed by atoms with Crippen molar-refractivity contribution >= 4 is 16.7 Å². The van der Waals surface area contributed by atoms with Crippen LogP contribution in [-0.4, -0.2) is 0 Å². The number of benzene rings is 1. The topological polar surface area (TPSA) is 56.2 Å². The summed E-state index contributed by atoms with van der Waals surface area (Å²) in [6.45, 7) is 1.16. The van der Waals surface area contributed by atoms with E-state index in [0.717, 1.165) is 13.0 Å². The van der Waals surface area contributed by atoms with Crippen molar-refractivity contribution in [2.45, 2.75) is 6.92 Å². The third kappa shape index (κ3) is 1.26. The quantitative estimate of drug-likeness (QED) is 0.556. The lowest BCUT2D eigenvalue weighted by molar-refractivity contribution is 0.473. The molecule has 1 heterocycles. The zero-order valence-electron chi connectivity index (χ0n) is 8.11. The van der Waals surface area contributed by atoms with Crippen LogP contribution in [0.2, 0.25) is 0 Å². The summed E-state index contributed by atoms with van der Waals surface area (Å²) < 4.78 is 44.2. The lowest BCUT2D eigenvalue weighted by Crippen LogP contribution is -2.09. The normalized spacial score (nSPS) is 11.0. The first-order chi connectivity index (χ1) is 7.43. The number of anilines is 1. The highest BCUT2D eigenvalue weighted by atomic mass is 19.2. The number of hydrogen-bond acceptors (Lipinski definition) is 3. The van der Waals surface area contributed by atoms with Crippen molar-refractivity contribution in [1.29, 1.82) is 0 Å². The van der Waals surface area contributed by atoms with Crippen LogP contribution in [0.5, 0.6) is 0 Å². The molecular weight excluding hydrogens is 223 g/mol. The van der Waals surface area contributed by atoms with Crippen LogP contribution < -0.4 is 11.4 Å². The summed E-state index contributed by atoms with van der Waals surface area (Å²) in [5, 5.41) is -0.413. The molecule has 0 aliphatic carbocycles. The summed E-state index contributed by atoms with van der Waals surface area (Å²) >= 11 is 0. The minimum absolute atomic E-state index is 0.277. The fourth-order valence-electron chi connectivity index (χ4n) is 1.46. The second kappa shape index (κ2) is 3.26. The third-order valence-corrected chi connectivity index (χ3v) is 2.28. The molecule has 1 aromatic heterocycles. The fraction of sp³-hybridized carbons (Fsp3) is 0.100. The van der Waals surface area contributed by atoms with E-state index in [1.165, 1.54) is 0 Å². The summed E-state index contributed by atoms with van der Waals surface area (Å²) in [5.41, 5.74) is 2.83. The van der Waals surface area contributed by atoms with Crippen molar-refractivity contribution in [2.24, 2.45) is 0 Å². The Labute approximate surface area is 87.3 Å². The Morgan fingerprint density at radius 1 is 1.19 bits per heavy atom. The van der Waals surface area contributed by atoms with Crippen LogP contribution in [0, 0.1) is 24.4 Å². The maximum absolute atomic E-state index is 13.4. The molecule has 0 fully saturated rings. The Kier molecular flexibility index (Phi) is 2.15.